The lowest BCUT2D eigenvalue weighted by Gasteiger charge is -2.17. The molecule has 2 N–H and O–H groups in total. The highest BCUT2D eigenvalue weighted by molar-refractivity contribution is 5.99. The van der Waals surface area contributed by atoms with Gasteiger partial charge in [-0.15, -0.1) is 0 Å². The zero-order chi connectivity index (χ0) is 22.4. The predicted molar refractivity (Wildman–Crippen MR) is 118 cm³/mol. The number of carbonyl (C=O) groups excluding carboxylic acids is 3. The third kappa shape index (κ3) is 5.26. The molecule has 7 heteroatoms. The minimum absolute atomic E-state index is 0.0421. The molecule has 0 spiro atoms. The van der Waals surface area contributed by atoms with E-state index >= 15 is 0 Å². The van der Waals surface area contributed by atoms with Crippen molar-refractivity contribution in [1.29, 1.82) is 0 Å². The molecule has 160 valence electrons. The number of hydrogen-bond acceptors (Lipinski definition) is 6. The predicted octanol–water partition coefficient (Wildman–Crippen LogP) is 3.70. The largest absolute Gasteiger partial charge is 0.465 e. The Balaban J connectivity index is 1.71. The molecule has 0 heterocycles. The molecule has 0 saturated heterocycles. The fraction of sp³-hybridized carbons (Fsp3) is 0.208. The van der Waals surface area contributed by atoms with Crippen LogP contribution in [0.5, 0.6) is 0 Å². The Hall–Kier alpha value is -3.71. The van der Waals surface area contributed by atoms with E-state index in [2.05, 4.69) is 16.7 Å². The van der Waals surface area contributed by atoms with Gasteiger partial charge in [-0.2, -0.15) is 0 Å². The smallest absolute Gasteiger partial charge is 0.337 e. The normalized spacial score (nSPS) is 11.6. The second-order valence-corrected chi connectivity index (χ2v) is 7.00. The molecule has 3 aromatic carbocycles. The summed E-state index contributed by atoms with van der Waals surface area (Å²) in [4.78, 5) is 36.3. The second kappa shape index (κ2) is 9.86. The van der Waals surface area contributed by atoms with Gasteiger partial charge in [-0.3, -0.25) is 4.79 Å². The number of ether oxygens (including phenoxy) is 2. The Bertz CT molecular complexity index is 1090. The molecule has 3 rings (SSSR count). The van der Waals surface area contributed by atoms with Gasteiger partial charge in [0, 0.05) is 11.7 Å². The first kappa shape index (κ1) is 22.0. The van der Waals surface area contributed by atoms with Crippen molar-refractivity contribution in [3.05, 3.63) is 77.4 Å². The molecule has 31 heavy (non-hydrogen) atoms. The van der Waals surface area contributed by atoms with Gasteiger partial charge in [0.25, 0.3) is 0 Å². The number of carbonyl (C=O) groups is 3. The van der Waals surface area contributed by atoms with E-state index in [0.29, 0.717) is 5.69 Å². The van der Waals surface area contributed by atoms with Crippen molar-refractivity contribution >= 4 is 34.3 Å². The average Bonchev–Trinajstić information content (AvgIpc) is 2.80. The van der Waals surface area contributed by atoms with Crippen molar-refractivity contribution in [1.82, 2.24) is 5.32 Å². The first-order chi connectivity index (χ1) is 14.9. The Morgan fingerprint density at radius 3 is 2.13 bits per heavy atom. The highest BCUT2D eigenvalue weighted by atomic mass is 16.5. The van der Waals surface area contributed by atoms with E-state index in [0.717, 1.165) is 16.3 Å². The molecule has 0 aromatic heterocycles. The van der Waals surface area contributed by atoms with Crippen LogP contribution in [0.15, 0.2) is 60.7 Å². The summed E-state index contributed by atoms with van der Waals surface area (Å²) in [6, 6.07) is 18.3. The van der Waals surface area contributed by atoms with Gasteiger partial charge in [0.2, 0.25) is 5.91 Å². The van der Waals surface area contributed by atoms with E-state index in [-0.39, 0.29) is 29.6 Å². The van der Waals surface area contributed by atoms with Crippen LogP contribution < -0.4 is 10.6 Å². The van der Waals surface area contributed by atoms with E-state index in [4.69, 9.17) is 9.47 Å². The molecule has 7 nitrogen and oxygen atoms in total. The number of benzene rings is 3. The highest BCUT2D eigenvalue weighted by Crippen LogP contribution is 2.24. The van der Waals surface area contributed by atoms with Crippen LogP contribution in [0, 0.1) is 0 Å². The zero-order valence-corrected chi connectivity index (χ0v) is 17.6. The lowest BCUT2D eigenvalue weighted by molar-refractivity contribution is -0.115. The molecule has 0 aliphatic heterocycles. The maximum atomic E-state index is 12.5. The summed E-state index contributed by atoms with van der Waals surface area (Å²) >= 11 is 0. The molecule has 0 aliphatic carbocycles. The molecule has 0 radical (unpaired) electrons. The van der Waals surface area contributed by atoms with E-state index in [9.17, 15) is 14.4 Å². The summed E-state index contributed by atoms with van der Waals surface area (Å²) < 4.78 is 9.42. The van der Waals surface area contributed by atoms with Gasteiger partial charge in [0.15, 0.2) is 0 Å². The lowest BCUT2D eigenvalue weighted by Crippen LogP contribution is -2.30. The second-order valence-electron chi connectivity index (χ2n) is 7.00. The minimum atomic E-state index is -0.621. The maximum absolute atomic E-state index is 12.5. The first-order valence-corrected chi connectivity index (χ1v) is 9.75. The summed E-state index contributed by atoms with van der Waals surface area (Å²) in [5, 5.41) is 8.18. The number of esters is 2. The number of amides is 1. The van der Waals surface area contributed by atoms with Gasteiger partial charge in [-0.25, -0.2) is 9.59 Å². The number of hydrogen-bond donors (Lipinski definition) is 2. The number of rotatable bonds is 7. The molecule has 1 atom stereocenters. The number of fused-ring (bicyclic) bond motifs is 1. The molecule has 0 bridgehead atoms. The van der Waals surface area contributed by atoms with E-state index in [1.807, 2.05) is 43.3 Å². The third-order valence-electron chi connectivity index (χ3n) is 4.92. The number of anilines is 1. The van der Waals surface area contributed by atoms with Crippen LogP contribution in [-0.2, 0) is 14.3 Å². The van der Waals surface area contributed by atoms with Crippen molar-refractivity contribution in [2.24, 2.45) is 0 Å². The molecule has 3 aromatic rings. The molecule has 0 fully saturated rings. The van der Waals surface area contributed by atoms with Crippen LogP contribution in [0.1, 0.15) is 39.2 Å². The Labute approximate surface area is 180 Å². The van der Waals surface area contributed by atoms with Crippen molar-refractivity contribution in [2.45, 2.75) is 13.0 Å². The van der Waals surface area contributed by atoms with E-state index < -0.39 is 11.9 Å². The Morgan fingerprint density at radius 2 is 1.48 bits per heavy atom. The van der Waals surface area contributed by atoms with Crippen LogP contribution in [0.2, 0.25) is 0 Å². The molecular formula is C24H24N2O5. The van der Waals surface area contributed by atoms with Crippen LogP contribution >= 0.6 is 0 Å². The van der Waals surface area contributed by atoms with Crippen molar-refractivity contribution < 1.29 is 23.9 Å². The van der Waals surface area contributed by atoms with Gasteiger partial charge in [-0.1, -0.05) is 42.5 Å². The Kier molecular flexibility index (Phi) is 6.99. The SMILES string of the molecule is COC(=O)c1cc(NC(=O)CN[C@@H](C)c2cccc3ccccc23)cc(C(=O)OC)c1. The van der Waals surface area contributed by atoms with Crippen molar-refractivity contribution in [2.75, 3.05) is 26.1 Å². The quantitative estimate of drug-likeness (QED) is 0.566. The molecule has 1 amide bonds. The maximum Gasteiger partial charge on any atom is 0.337 e. The van der Waals surface area contributed by atoms with Gasteiger partial charge in [0.05, 0.1) is 31.9 Å². The number of nitrogens with one attached hydrogen (secondary N) is 2. The average molecular weight is 420 g/mol. The topological polar surface area (TPSA) is 93.7 Å². The lowest BCUT2D eigenvalue weighted by atomic mass is 10.00. The zero-order valence-electron chi connectivity index (χ0n) is 17.6. The first-order valence-electron chi connectivity index (χ1n) is 9.75. The summed E-state index contributed by atoms with van der Waals surface area (Å²) in [5.74, 6) is -1.56. The van der Waals surface area contributed by atoms with Crippen LogP contribution in [0.25, 0.3) is 10.8 Å². The summed E-state index contributed by atoms with van der Waals surface area (Å²) in [6.45, 7) is 2.03. The monoisotopic (exact) mass is 420 g/mol. The van der Waals surface area contributed by atoms with Crippen LogP contribution in [-0.4, -0.2) is 38.6 Å². The fourth-order valence-corrected chi connectivity index (χ4v) is 3.36. The molecule has 0 saturated carbocycles. The Morgan fingerprint density at radius 1 is 0.871 bits per heavy atom. The summed E-state index contributed by atoms with van der Waals surface area (Å²) in [5.41, 5.74) is 1.66. The molecule has 0 unspecified atom stereocenters. The fourth-order valence-electron chi connectivity index (χ4n) is 3.36. The summed E-state index contributed by atoms with van der Waals surface area (Å²) in [7, 11) is 2.48. The number of methoxy groups -OCH3 is 2. The standard InChI is InChI=1S/C24H24N2O5/c1-15(20-10-6-8-16-7-4-5-9-21(16)20)25-14-22(27)26-19-12-17(23(28)30-2)11-18(13-19)24(29)31-3/h4-13,15,25H,14H2,1-3H3,(H,26,27)/t15-/m0/s1. The van der Waals surface area contributed by atoms with Crippen molar-refractivity contribution in [3.63, 3.8) is 0 Å². The highest BCUT2D eigenvalue weighted by Gasteiger charge is 2.16. The van der Waals surface area contributed by atoms with Gasteiger partial charge >= 0.3 is 11.9 Å². The van der Waals surface area contributed by atoms with Gasteiger partial charge < -0.3 is 20.1 Å². The van der Waals surface area contributed by atoms with Gasteiger partial charge in [-0.05, 0) is 41.5 Å². The van der Waals surface area contributed by atoms with Crippen LogP contribution in [0.4, 0.5) is 5.69 Å². The van der Waals surface area contributed by atoms with Gasteiger partial charge in [0.1, 0.15) is 0 Å². The van der Waals surface area contributed by atoms with E-state index in [1.165, 1.54) is 32.4 Å². The van der Waals surface area contributed by atoms with Crippen LogP contribution in [0.3, 0.4) is 0 Å². The van der Waals surface area contributed by atoms with E-state index in [1.54, 1.807) is 0 Å². The van der Waals surface area contributed by atoms with Crippen molar-refractivity contribution in [3.8, 4) is 0 Å². The molecular weight excluding hydrogens is 396 g/mol. The molecule has 0 aliphatic rings. The summed E-state index contributed by atoms with van der Waals surface area (Å²) in [6.07, 6.45) is 0. The third-order valence-corrected chi connectivity index (χ3v) is 4.92. The minimum Gasteiger partial charge on any atom is -0.465 e.